The van der Waals surface area contributed by atoms with E-state index in [-0.39, 0.29) is 73.1 Å². The Balaban J connectivity index is 0.000000126. The van der Waals surface area contributed by atoms with Gasteiger partial charge in [0, 0.05) is 88.5 Å². The monoisotopic (exact) mass is 1890 g/mol. The number of amides is 7. The third kappa shape index (κ3) is 13.1. The van der Waals surface area contributed by atoms with Crippen molar-refractivity contribution >= 4 is 140 Å². The van der Waals surface area contributed by atoms with E-state index in [1.807, 2.05) is 39.2 Å². The van der Waals surface area contributed by atoms with Gasteiger partial charge in [-0.2, -0.15) is 0 Å². The van der Waals surface area contributed by atoms with Crippen LogP contribution in [0.5, 0.6) is 0 Å². The molecule has 15 fully saturated rings. The second kappa shape index (κ2) is 32.9. The molecule has 18 aliphatic rings. The summed E-state index contributed by atoms with van der Waals surface area (Å²) in [5.74, 6) is -7.67. The van der Waals surface area contributed by atoms with Crippen LogP contribution in [0.1, 0.15) is 270 Å². The van der Waals surface area contributed by atoms with E-state index < -0.39 is 131 Å². The number of carbonyl (C=O) groups is 9. The first kappa shape index (κ1) is 91.1. The lowest BCUT2D eigenvalue weighted by atomic mass is 9.55. The average Bonchev–Trinajstić information content (AvgIpc) is 1.49. The zero-order valence-corrected chi connectivity index (χ0v) is 77.8. The van der Waals surface area contributed by atoms with Crippen LogP contribution in [0.2, 0.25) is 30.1 Å². The van der Waals surface area contributed by atoms with Gasteiger partial charge >= 0.3 is 11.9 Å². The number of anilines is 3. The fourth-order valence-corrected chi connectivity index (χ4v) is 30.7. The Morgan fingerprint density at radius 2 is 0.654 bits per heavy atom. The molecular formula is C100H111Cl6F3N10O11. The number of nitrogens with two attached hydrogens (primary N) is 1. The quantitative estimate of drug-likeness (QED) is 0.0520. The second-order valence-electron chi connectivity index (χ2n) is 41.0. The number of carboxylic acids is 2. The minimum Gasteiger partial charge on any atom is -0.481 e. The summed E-state index contributed by atoms with van der Waals surface area (Å²) in [6, 6.07) is 28.1. The number of nitrogens with zero attached hydrogens (tertiary/aromatic N) is 3. The fourth-order valence-electron chi connectivity index (χ4n) is 29.7. The molecule has 0 radical (unpaired) electrons. The van der Waals surface area contributed by atoms with Crippen molar-refractivity contribution in [3.05, 3.63) is 190 Å². The zero-order chi connectivity index (χ0) is 91.8. The molecule has 7 amide bonds. The lowest BCUT2D eigenvalue weighted by Crippen LogP contribution is -2.63. The van der Waals surface area contributed by atoms with Crippen molar-refractivity contribution in [2.45, 2.75) is 304 Å². The molecule has 24 rings (SSSR count). The van der Waals surface area contributed by atoms with E-state index in [0.29, 0.717) is 193 Å². The molecule has 0 aromatic heterocycles. The topological polar surface area (TPSA) is 302 Å². The maximum absolute atomic E-state index is 16.3. The normalized spacial score (nSPS) is 34.2. The number of benzene rings is 6. The van der Waals surface area contributed by atoms with Gasteiger partial charge in [0.05, 0.1) is 44.0 Å². The van der Waals surface area contributed by atoms with Gasteiger partial charge in [-0.15, -0.1) is 0 Å². The summed E-state index contributed by atoms with van der Waals surface area (Å²) >= 11 is 38.4. The highest BCUT2D eigenvalue weighted by Crippen LogP contribution is 2.71. The Morgan fingerprint density at radius 1 is 0.385 bits per heavy atom. The van der Waals surface area contributed by atoms with Gasteiger partial charge in [-0.25, -0.2) is 13.2 Å². The number of carboxylic acid groups (broad SMARTS) is 2. The molecule has 6 bridgehead atoms. The van der Waals surface area contributed by atoms with Crippen LogP contribution in [0.4, 0.5) is 30.2 Å². The van der Waals surface area contributed by atoms with E-state index in [1.54, 1.807) is 72.8 Å². The number of fused-ring (bicyclic) bond motifs is 18. The first-order valence-electron chi connectivity index (χ1n) is 46.7. The molecule has 130 heavy (non-hydrogen) atoms. The largest absolute Gasteiger partial charge is 0.481 e. The molecule has 10 N–H and O–H groups in total. The van der Waals surface area contributed by atoms with Crippen LogP contribution in [0.25, 0.3) is 0 Å². The molecular weight excluding hydrogens is 1790 g/mol. The first-order chi connectivity index (χ1) is 62.0. The summed E-state index contributed by atoms with van der Waals surface area (Å²) < 4.78 is 48.7. The van der Waals surface area contributed by atoms with Crippen molar-refractivity contribution in [3.63, 3.8) is 0 Å². The van der Waals surface area contributed by atoms with E-state index in [0.717, 1.165) is 74.5 Å². The molecule has 12 aliphatic carbocycles. The lowest BCUT2D eigenvalue weighted by molar-refractivity contribution is -0.158. The first-order valence-corrected chi connectivity index (χ1v) is 48.9. The van der Waals surface area contributed by atoms with Crippen LogP contribution >= 0.6 is 69.6 Å². The van der Waals surface area contributed by atoms with Gasteiger partial charge in [-0.1, -0.05) is 189 Å². The number of rotatable bonds is 13. The number of carbonyl (C=O) groups excluding carboxylic acids is 7. The molecule has 6 spiro atoms. The Bertz CT molecular complexity index is 5430. The van der Waals surface area contributed by atoms with Crippen molar-refractivity contribution < 1.29 is 66.5 Å². The molecule has 30 heteroatoms. The molecule has 6 aromatic rings. The molecule has 6 heterocycles. The fraction of sp³-hybridized carbons (Fsp3) is 0.550. The maximum atomic E-state index is 16.3. The molecule has 9 atom stereocenters. The number of halogens is 9. The van der Waals surface area contributed by atoms with Crippen molar-refractivity contribution in [2.24, 2.45) is 22.0 Å². The van der Waals surface area contributed by atoms with Crippen molar-refractivity contribution in [1.82, 2.24) is 30.7 Å². The third-order valence-electron chi connectivity index (χ3n) is 36.1. The molecule has 0 unspecified atom stereocenters. The summed E-state index contributed by atoms with van der Waals surface area (Å²) in [6.45, 7) is 2.50. The number of primary amides is 1. The standard InChI is InChI=1S/C34H38Cl2FN3O4.C33H37Cl2FN4O3.C33H36Cl2FN3O4/c1-2-40-27(28(41)39-32-16-13-31(14-17-32,15-18-32)30(43)44)25(21-7-6-8-23(36)26(21)37)34(33(40)11-4-3-5-12-33)22-10-9-20(35)19-24(22)38-29(34)42;1-40-26(27(41)39-31-15-12-30(13-16-31,14-17-31)28(37)42)24(20-6-5-7-22(35)25(20)36)33(32(40)10-3-2-4-11-32)21-9-8-19(34)18-23(21)38-29(33)43;1-39-26(27(40)38-31-15-12-30(13-16-31,14-17-31)29(42)43)24(20-6-5-7-22(35)25(20)36)33(32(39)10-3-2-4-11-32)21-9-8-19(34)18-23(21)37-28(33)41/h6-10,19,25,27H,2-5,11-18H2,1H3,(H,38,42)(H,39,41)(H,43,44);5-9,18,24,26H,2-4,10-17H2,1H3,(H2,37,42)(H,38,43)(H,39,41);5-9,18,24,26H,2-4,10-17H2,1H3,(H,37,41)(H,38,40)(H,42,43)/t25-,27+,31?,32?,34+;2*24-,26+,30?,31?,33+/m000/s1. The minimum absolute atomic E-state index is 0.0465. The zero-order valence-electron chi connectivity index (χ0n) is 73.3. The SMILES string of the molecule is CCN1[C@@H](C(=O)NC23CCC(C(=O)O)(CC2)CC3)[C@H](c2cccc(Cl)c2F)[C@]2(C(=O)Nc3cc(Cl)ccc32)C12CCCCC2.CN1[C@@H](C(=O)NC23CCC(C(=O)O)(CC2)CC3)[C@H](c2cccc(Cl)c2F)[C@]2(C(=O)Nc3cc(Cl)ccc32)C12CCCCC2.CN1[C@@H](C(=O)NC23CCC(C(N)=O)(CC2)CC3)[C@H](c2cccc(Cl)c2F)[C@]2(C(=O)Nc3cc(Cl)ccc32)C12CCCCC2. The average molecular weight is 1900 g/mol. The molecule has 6 aromatic carbocycles. The Labute approximate surface area is 784 Å². The van der Waals surface area contributed by atoms with Crippen LogP contribution in [-0.2, 0) is 59.4 Å². The van der Waals surface area contributed by atoms with Gasteiger partial charge in [0.15, 0.2) is 0 Å². The molecule has 21 nitrogen and oxygen atoms in total. The summed E-state index contributed by atoms with van der Waals surface area (Å²) in [4.78, 5) is 131. The number of likely N-dealkylation sites (N-methyl/N-ethyl adjacent to an activating group) is 3. The minimum atomic E-state index is -1.27. The predicted molar refractivity (Wildman–Crippen MR) is 492 cm³/mol. The predicted octanol–water partition coefficient (Wildman–Crippen LogP) is 19.0. The van der Waals surface area contributed by atoms with Crippen molar-refractivity contribution in [3.8, 4) is 0 Å². The van der Waals surface area contributed by atoms with E-state index in [4.69, 9.17) is 75.3 Å². The Hall–Kier alpha value is -8.04. The number of likely N-dealkylation sites (tertiary alicyclic amines) is 3. The lowest BCUT2D eigenvalue weighted by Gasteiger charge is -2.52. The van der Waals surface area contributed by atoms with Gasteiger partial charge in [0.25, 0.3) is 0 Å². The summed E-state index contributed by atoms with van der Waals surface area (Å²) in [7, 11) is 3.84. The molecule has 6 aliphatic heterocycles. The summed E-state index contributed by atoms with van der Waals surface area (Å²) in [6.07, 6.45) is 22.9. The van der Waals surface area contributed by atoms with Gasteiger partial charge < -0.3 is 47.8 Å². The third-order valence-corrected chi connectivity index (χ3v) is 37.7. The van der Waals surface area contributed by atoms with Crippen LogP contribution < -0.4 is 37.6 Å². The summed E-state index contributed by atoms with van der Waals surface area (Å²) in [5.41, 5.74) is 1.07. The van der Waals surface area contributed by atoms with Crippen LogP contribution in [0, 0.1) is 33.7 Å². The van der Waals surface area contributed by atoms with E-state index in [2.05, 4.69) is 46.6 Å². The maximum Gasteiger partial charge on any atom is 0.309 e. The number of nitrogens with one attached hydrogen (secondary N) is 6. The molecule has 12 saturated carbocycles. The highest BCUT2D eigenvalue weighted by molar-refractivity contribution is 6.33. The van der Waals surface area contributed by atoms with Gasteiger partial charge in [0.2, 0.25) is 41.4 Å². The second-order valence-corrected chi connectivity index (χ2v) is 43.5. The van der Waals surface area contributed by atoms with Crippen LogP contribution in [-0.4, -0.2) is 150 Å². The molecule has 690 valence electrons. The van der Waals surface area contributed by atoms with E-state index >= 15 is 13.2 Å². The van der Waals surface area contributed by atoms with Crippen LogP contribution in [0.15, 0.2) is 109 Å². The smallest absolute Gasteiger partial charge is 0.309 e. The van der Waals surface area contributed by atoms with Gasteiger partial charge in [0.1, 0.15) is 33.7 Å². The number of hydrogen-bond donors (Lipinski definition) is 9. The number of hydrogen-bond acceptors (Lipinski definition) is 12. The van der Waals surface area contributed by atoms with E-state index in [1.165, 1.54) is 18.2 Å². The summed E-state index contributed by atoms with van der Waals surface area (Å²) in [5, 5.41) is 40.6. The van der Waals surface area contributed by atoms with Gasteiger partial charge in [-0.3, -0.25) is 57.9 Å². The van der Waals surface area contributed by atoms with Crippen molar-refractivity contribution in [2.75, 3.05) is 36.6 Å². The highest BCUT2D eigenvalue weighted by atomic mass is 35.5. The number of aliphatic carboxylic acids is 2. The van der Waals surface area contributed by atoms with Crippen LogP contribution in [0.3, 0.4) is 0 Å². The highest BCUT2D eigenvalue weighted by Gasteiger charge is 2.79. The Kier molecular flexibility index (Phi) is 23.1. The van der Waals surface area contributed by atoms with E-state index in [9.17, 15) is 53.4 Å². The Morgan fingerprint density at radius 3 is 0.938 bits per heavy atom. The van der Waals surface area contributed by atoms with Crippen molar-refractivity contribution in [1.29, 1.82) is 0 Å². The van der Waals surface area contributed by atoms with Gasteiger partial charge in [-0.05, 0) is 263 Å². The molecule has 3 saturated heterocycles.